The van der Waals surface area contributed by atoms with Gasteiger partial charge in [0.25, 0.3) is 0 Å². The lowest BCUT2D eigenvalue weighted by Crippen LogP contribution is -2.35. The van der Waals surface area contributed by atoms with Gasteiger partial charge in [-0.05, 0) is 12.8 Å². The van der Waals surface area contributed by atoms with E-state index in [9.17, 15) is 14.4 Å². The number of carbonyl (C=O) groups is 3. The van der Waals surface area contributed by atoms with E-state index in [2.05, 4.69) is 10.6 Å². The average molecular weight is 228 g/mol. The molecule has 1 fully saturated rings. The predicted octanol–water partition coefficient (Wildman–Crippen LogP) is -0.854. The Labute approximate surface area is 93.4 Å². The molecule has 90 valence electrons. The number of Topliss-reactive ketones (excluding diaryl/α,β-unsaturated/α-hetero) is 1. The number of rotatable bonds is 6. The molecule has 0 aromatic heterocycles. The number of unbranched alkanes of at least 4 members (excludes halogenated alkanes) is 1. The Hall–Kier alpha value is -1.43. The van der Waals surface area contributed by atoms with E-state index in [0.29, 0.717) is 25.9 Å². The normalized spacial score (nSPS) is 19.8. The van der Waals surface area contributed by atoms with Crippen LogP contribution in [0.1, 0.15) is 19.3 Å². The van der Waals surface area contributed by atoms with Crippen molar-refractivity contribution in [3.8, 4) is 0 Å². The quantitative estimate of drug-likeness (QED) is 0.406. The summed E-state index contributed by atoms with van der Waals surface area (Å²) in [5.41, 5.74) is 0. The third kappa shape index (κ3) is 3.98. The fourth-order valence-electron chi connectivity index (χ4n) is 1.55. The minimum absolute atomic E-state index is 0.0805. The topological polar surface area (TPSA) is 95.5 Å². The van der Waals surface area contributed by atoms with Crippen LogP contribution in [0.4, 0.5) is 0 Å². The zero-order chi connectivity index (χ0) is 12.0. The largest absolute Gasteiger partial charge is 0.481 e. The molecule has 1 atom stereocenters. The Bertz CT molecular complexity index is 291. The minimum Gasteiger partial charge on any atom is -0.481 e. The van der Waals surface area contributed by atoms with Crippen molar-refractivity contribution in [1.29, 1.82) is 0 Å². The van der Waals surface area contributed by atoms with Gasteiger partial charge in [0.15, 0.2) is 5.78 Å². The number of aliphatic carboxylic acids is 1. The van der Waals surface area contributed by atoms with E-state index in [-0.39, 0.29) is 24.7 Å². The van der Waals surface area contributed by atoms with E-state index in [1.165, 1.54) is 0 Å². The summed E-state index contributed by atoms with van der Waals surface area (Å²) < 4.78 is 0. The molecule has 16 heavy (non-hydrogen) atoms. The molecule has 1 aliphatic heterocycles. The Balaban J connectivity index is 2.11. The monoisotopic (exact) mass is 228 g/mol. The molecule has 1 amide bonds. The molecule has 0 aromatic carbocycles. The van der Waals surface area contributed by atoms with Crippen LogP contribution in [-0.4, -0.2) is 42.4 Å². The van der Waals surface area contributed by atoms with Crippen molar-refractivity contribution in [3.63, 3.8) is 0 Å². The summed E-state index contributed by atoms with van der Waals surface area (Å²) in [4.78, 5) is 32.9. The van der Waals surface area contributed by atoms with Crippen molar-refractivity contribution >= 4 is 17.7 Å². The highest BCUT2D eigenvalue weighted by Gasteiger charge is 2.30. The summed E-state index contributed by atoms with van der Waals surface area (Å²) >= 11 is 0. The van der Waals surface area contributed by atoms with E-state index in [1.807, 2.05) is 0 Å². The highest BCUT2D eigenvalue weighted by atomic mass is 16.4. The summed E-state index contributed by atoms with van der Waals surface area (Å²) in [5, 5.41) is 13.9. The summed E-state index contributed by atoms with van der Waals surface area (Å²) in [6, 6.07) is 0. The van der Waals surface area contributed by atoms with Crippen LogP contribution in [0.3, 0.4) is 0 Å². The number of ketones is 1. The molecular formula is C10H16N2O4. The van der Waals surface area contributed by atoms with Crippen molar-refractivity contribution in [2.75, 3.05) is 19.6 Å². The third-order valence-electron chi connectivity index (χ3n) is 2.47. The highest BCUT2D eigenvalue weighted by molar-refractivity contribution is 6.03. The van der Waals surface area contributed by atoms with Crippen LogP contribution in [0, 0.1) is 5.92 Å². The van der Waals surface area contributed by atoms with Crippen LogP contribution in [0.5, 0.6) is 0 Å². The van der Waals surface area contributed by atoms with Crippen molar-refractivity contribution in [1.82, 2.24) is 10.6 Å². The second-order valence-corrected chi connectivity index (χ2v) is 3.79. The third-order valence-corrected chi connectivity index (χ3v) is 2.47. The van der Waals surface area contributed by atoms with Crippen LogP contribution in [0.15, 0.2) is 0 Å². The lowest BCUT2D eigenvalue weighted by molar-refractivity contribution is -0.137. The number of carboxylic acids is 1. The van der Waals surface area contributed by atoms with Gasteiger partial charge in [-0.25, -0.2) is 0 Å². The molecule has 0 saturated carbocycles. The zero-order valence-electron chi connectivity index (χ0n) is 8.99. The van der Waals surface area contributed by atoms with E-state index in [1.54, 1.807) is 0 Å². The van der Waals surface area contributed by atoms with E-state index < -0.39 is 11.9 Å². The van der Waals surface area contributed by atoms with E-state index >= 15 is 0 Å². The molecule has 0 spiro atoms. The van der Waals surface area contributed by atoms with Gasteiger partial charge in [0.2, 0.25) is 5.91 Å². The maximum absolute atomic E-state index is 11.5. The first kappa shape index (κ1) is 12.6. The Kier molecular flexibility index (Phi) is 4.91. The molecule has 0 radical (unpaired) electrons. The first-order valence-electron chi connectivity index (χ1n) is 5.34. The van der Waals surface area contributed by atoms with Gasteiger partial charge in [0.05, 0.1) is 6.54 Å². The van der Waals surface area contributed by atoms with Gasteiger partial charge in [-0.2, -0.15) is 0 Å². The lowest BCUT2D eigenvalue weighted by atomic mass is 10.1. The van der Waals surface area contributed by atoms with Gasteiger partial charge in [0.1, 0.15) is 5.92 Å². The molecule has 1 rings (SSSR count). The Morgan fingerprint density at radius 1 is 1.44 bits per heavy atom. The van der Waals surface area contributed by atoms with Gasteiger partial charge >= 0.3 is 5.97 Å². The number of hydrogen-bond donors (Lipinski definition) is 3. The molecule has 1 heterocycles. The molecule has 0 aliphatic carbocycles. The van der Waals surface area contributed by atoms with Crippen LogP contribution in [0.25, 0.3) is 0 Å². The number of carbonyl (C=O) groups excluding carboxylic acids is 2. The Morgan fingerprint density at radius 3 is 2.75 bits per heavy atom. The highest BCUT2D eigenvalue weighted by Crippen LogP contribution is 2.03. The molecular weight excluding hydrogens is 212 g/mol. The van der Waals surface area contributed by atoms with Crippen molar-refractivity contribution in [2.24, 2.45) is 5.92 Å². The van der Waals surface area contributed by atoms with Crippen LogP contribution in [0.2, 0.25) is 0 Å². The lowest BCUT2D eigenvalue weighted by Gasteiger charge is -2.08. The van der Waals surface area contributed by atoms with Gasteiger partial charge in [-0.1, -0.05) is 0 Å². The van der Waals surface area contributed by atoms with Gasteiger partial charge in [-0.3, -0.25) is 14.4 Å². The molecule has 0 aromatic rings. The van der Waals surface area contributed by atoms with E-state index in [0.717, 1.165) is 0 Å². The number of carboxylic acid groups (broad SMARTS) is 1. The maximum atomic E-state index is 11.5. The minimum atomic E-state index is -0.832. The van der Waals surface area contributed by atoms with Crippen LogP contribution in [-0.2, 0) is 14.4 Å². The second kappa shape index (κ2) is 6.22. The zero-order valence-corrected chi connectivity index (χ0v) is 8.99. The first-order valence-corrected chi connectivity index (χ1v) is 5.34. The van der Waals surface area contributed by atoms with Crippen molar-refractivity contribution in [2.45, 2.75) is 19.3 Å². The first-order chi connectivity index (χ1) is 7.61. The SMILES string of the molecule is O=C(O)CCCCNC(=O)C1CNCC1=O. The van der Waals surface area contributed by atoms with Gasteiger partial charge in [-0.15, -0.1) is 0 Å². The maximum Gasteiger partial charge on any atom is 0.303 e. The molecule has 1 unspecified atom stereocenters. The number of nitrogens with one attached hydrogen (secondary N) is 2. The van der Waals surface area contributed by atoms with Crippen LogP contribution < -0.4 is 10.6 Å². The molecule has 1 aliphatic rings. The fourth-order valence-corrected chi connectivity index (χ4v) is 1.55. The Morgan fingerprint density at radius 2 is 2.19 bits per heavy atom. The van der Waals surface area contributed by atoms with E-state index in [4.69, 9.17) is 5.11 Å². The van der Waals surface area contributed by atoms with Crippen LogP contribution >= 0.6 is 0 Å². The van der Waals surface area contributed by atoms with Gasteiger partial charge in [0, 0.05) is 19.5 Å². The fraction of sp³-hybridized carbons (Fsp3) is 0.700. The molecule has 1 saturated heterocycles. The summed E-state index contributed by atoms with van der Waals surface area (Å²) in [7, 11) is 0. The van der Waals surface area contributed by atoms with Gasteiger partial charge < -0.3 is 15.7 Å². The van der Waals surface area contributed by atoms with Crippen molar-refractivity contribution in [3.05, 3.63) is 0 Å². The number of hydrogen-bond acceptors (Lipinski definition) is 4. The smallest absolute Gasteiger partial charge is 0.303 e. The molecule has 6 nitrogen and oxygen atoms in total. The summed E-state index contributed by atoms with van der Waals surface area (Å²) in [6.07, 6.45) is 1.26. The van der Waals surface area contributed by atoms with Crippen molar-refractivity contribution < 1.29 is 19.5 Å². The average Bonchev–Trinajstić information content (AvgIpc) is 2.63. The molecule has 6 heteroatoms. The standard InChI is InChI=1S/C10H16N2O4/c13-8-6-11-5-7(8)10(16)12-4-2-1-3-9(14)15/h7,11H,1-6H2,(H,12,16)(H,14,15). The number of amides is 1. The molecule has 0 bridgehead atoms. The summed E-state index contributed by atoms with van der Waals surface area (Å²) in [5.74, 6) is -1.74. The predicted molar refractivity (Wildman–Crippen MR) is 55.9 cm³/mol. The molecule has 3 N–H and O–H groups in total. The second-order valence-electron chi connectivity index (χ2n) is 3.79. The summed E-state index contributed by atoms with van der Waals surface area (Å²) in [6.45, 7) is 1.09.